The summed E-state index contributed by atoms with van der Waals surface area (Å²) in [6.07, 6.45) is 0. The van der Waals surface area contributed by atoms with Crippen molar-refractivity contribution in [3.8, 4) is 5.75 Å². The number of hydrogen-bond donors (Lipinski definition) is 2. The van der Waals surface area contributed by atoms with Crippen LogP contribution in [0.3, 0.4) is 0 Å². The Morgan fingerprint density at radius 2 is 2.24 bits per heavy atom. The molecule has 94 valence electrons. The Bertz CT molecular complexity index is 396. The predicted octanol–water partition coefficient (Wildman–Crippen LogP) is 2.14. The quantitative estimate of drug-likeness (QED) is 0.849. The molecule has 0 heterocycles. The standard InChI is InChI=1S/C12H17ClN2O2/c1-8(7-14-2)12(16)15-10-6-9(13)4-5-11(10)17-3/h4-6,8,14H,7H2,1-3H3,(H,15,16). The highest BCUT2D eigenvalue weighted by Crippen LogP contribution is 2.27. The van der Waals surface area contributed by atoms with E-state index < -0.39 is 0 Å². The van der Waals surface area contributed by atoms with Gasteiger partial charge in [-0.2, -0.15) is 0 Å². The number of methoxy groups -OCH3 is 1. The molecule has 1 amide bonds. The van der Waals surface area contributed by atoms with E-state index in [1.54, 1.807) is 25.3 Å². The molecule has 1 aromatic rings. The predicted molar refractivity (Wildman–Crippen MR) is 69.7 cm³/mol. The Kier molecular flexibility index (Phi) is 5.25. The second-order valence-corrected chi connectivity index (χ2v) is 4.23. The van der Waals surface area contributed by atoms with E-state index in [0.717, 1.165) is 0 Å². The molecule has 0 fully saturated rings. The van der Waals surface area contributed by atoms with Gasteiger partial charge >= 0.3 is 0 Å². The van der Waals surface area contributed by atoms with Gasteiger partial charge in [-0.3, -0.25) is 4.79 Å². The summed E-state index contributed by atoms with van der Waals surface area (Å²) >= 11 is 5.88. The molecule has 1 atom stereocenters. The van der Waals surface area contributed by atoms with Gasteiger partial charge < -0.3 is 15.4 Å². The summed E-state index contributed by atoms with van der Waals surface area (Å²) < 4.78 is 5.15. The minimum Gasteiger partial charge on any atom is -0.495 e. The van der Waals surface area contributed by atoms with Crippen molar-refractivity contribution in [3.05, 3.63) is 23.2 Å². The fraction of sp³-hybridized carbons (Fsp3) is 0.417. The average Bonchev–Trinajstić information content (AvgIpc) is 2.29. The maximum Gasteiger partial charge on any atom is 0.228 e. The molecule has 1 aromatic carbocycles. The molecule has 1 unspecified atom stereocenters. The first-order valence-electron chi connectivity index (χ1n) is 5.37. The molecule has 0 aliphatic rings. The van der Waals surface area contributed by atoms with Crippen LogP contribution in [0.1, 0.15) is 6.92 Å². The third kappa shape index (κ3) is 3.91. The number of carbonyl (C=O) groups is 1. The topological polar surface area (TPSA) is 50.4 Å². The lowest BCUT2D eigenvalue weighted by atomic mass is 10.1. The van der Waals surface area contributed by atoms with E-state index in [4.69, 9.17) is 16.3 Å². The Morgan fingerprint density at radius 1 is 1.53 bits per heavy atom. The summed E-state index contributed by atoms with van der Waals surface area (Å²) in [6, 6.07) is 5.11. The van der Waals surface area contributed by atoms with Crippen molar-refractivity contribution in [2.45, 2.75) is 6.92 Å². The van der Waals surface area contributed by atoms with Gasteiger partial charge in [0.05, 0.1) is 12.8 Å². The molecule has 5 heteroatoms. The molecule has 0 spiro atoms. The lowest BCUT2D eigenvalue weighted by molar-refractivity contribution is -0.119. The maximum absolute atomic E-state index is 11.8. The normalized spacial score (nSPS) is 12.0. The molecule has 0 saturated carbocycles. The second-order valence-electron chi connectivity index (χ2n) is 3.79. The molecule has 1 rings (SSSR count). The molecule has 0 aromatic heterocycles. The van der Waals surface area contributed by atoms with Crippen LogP contribution in [0.25, 0.3) is 0 Å². The smallest absolute Gasteiger partial charge is 0.228 e. The number of benzene rings is 1. The SMILES string of the molecule is CNCC(C)C(=O)Nc1cc(Cl)ccc1OC. The zero-order chi connectivity index (χ0) is 12.8. The summed E-state index contributed by atoms with van der Waals surface area (Å²) in [5, 5.41) is 6.31. The van der Waals surface area contributed by atoms with Crippen LogP contribution in [0.5, 0.6) is 5.75 Å². The first kappa shape index (κ1) is 13.8. The Morgan fingerprint density at radius 3 is 2.82 bits per heavy atom. The van der Waals surface area contributed by atoms with Crippen LogP contribution in [0.15, 0.2) is 18.2 Å². The molecule has 4 nitrogen and oxygen atoms in total. The van der Waals surface area contributed by atoms with E-state index in [2.05, 4.69) is 10.6 Å². The van der Waals surface area contributed by atoms with E-state index >= 15 is 0 Å². The lowest BCUT2D eigenvalue weighted by Crippen LogP contribution is -2.28. The van der Waals surface area contributed by atoms with Crippen LogP contribution >= 0.6 is 11.6 Å². The van der Waals surface area contributed by atoms with Crippen molar-refractivity contribution in [1.29, 1.82) is 0 Å². The van der Waals surface area contributed by atoms with Crippen molar-refractivity contribution in [2.75, 3.05) is 26.0 Å². The Labute approximate surface area is 106 Å². The van der Waals surface area contributed by atoms with Gasteiger partial charge in [-0.05, 0) is 25.2 Å². The largest absolute Gasteiger partial charge is 0.495 e. The maximum atomic E-state index is 11.8. The molecule has 0 aliphatic heterocycles. The monoisotopic (exact) mass is 256 g/mol. The number of rotatable bonds is 5. The van der Waals surface area contributed by atoms with Gasteiger partial charge in [-0.1, -0.05) is 18.5 Å². The van der Waals surface area contributed by atoms with Gasteiger partial charge in [0.15, 0.2) is 0 Å². The Hall–Kier alpha value is -1.26. The number of anilines is 1. The van der Waals surface area contributed by atoms with Crippen molar-refractivity contribution >= 4 is 23.2 Å². The van der Waals surface area contributed by atoms with Gasteiger partial charge in [0, 0.05) is 17.5 Å². The van der Waals surface area contributed by atoms with Crippen molar-refractivity contribution in [2.24, 2.45) is 5.92 Å². The zero-order valence-corrected chi connectivity index (χ0v) is 11.0. The number of amides is 1. The molecular formula is C12H17ClN2O2. The van der Waals surface area contributed by atoms with Gasteiger partial charge in [0.1, 0.15) is 5.75 Å². The molecule has 0 radical (unpaired) electrons. The van der Waals surface area contributed by atoms with Crippen LogP contribution in [0.4, 0.5) is 5.69 Å². The average molecular weight is 257 g/mol. The summed E-state index contributed by atoms with van der Waals surface area (Å²) in [7, 11) is 3.36. The van der Waals surface area contributed by atoms with Gasteiger partial charge in [-0.15, -0.1) is 0 Å². The molecule has 2 N–H and O–H groups in total. The first-order valence-corrected chi connectivity index (χ1v) is 5.75. The number of nitrogens with one attached hydrogen (secondary N) is 2. The van der Waals surface area contributed by atoms with Crippen LogP contribution in [0.2, 0.25) is 5.02 Å². The van der Waals surface area contributed by atoms with Crippen molar-refractivity contribution in [3.63, 3.8) is 0 Å². The third-order valence-electron chi connectivity index (χ3n) is 2.38. The fourth-order valence-corrected chi connectivity index (χ4v) is 1.60. The number of halogens is 1. The van der Waals surface area contributed by atoms with Crippen molar-refractivity contribution < 1.29 is 9.53 Å². The highest BCUT2D eigenvalue weighted by molar-refractivity contribution is 6.31. The van der Waals surface area contributed by atoms with Crippen LogP contribution in [0, 0.1) is 5.92 Å². The van der Waals surface area contributed by atoms with E-state index in [1.807, 2.05) is 14.0 Å². The number of ether oxygens (including phenoxy) is 1. The van der Waals surface area contributed by atoms with Gasteiger partial charge in [0.25, 0.3) is 0 Å². The molecule has 0 aliphatic carbocycles. The highest BCUT2D eigenvalue weighted by Gasteiger charge is 2.14. The first-order chi connectivity index (χ1) is 8.08. The van der Waals surface area contributed by atoms with E-state index in [0.29, 0.717) is 23.0 Å². The zero-order valence-electron chi connectivity index (χ0n) is 10.2. The number of hydrogen-bond acceptors (Lipinski definition) is 3. The van der Waals surface area contributed by atoms with Gasteiger partial charge in [-0.25, -0.2) is 0 Å². The minimum absolute atomic E-state index is 0.0695. The highest BCUT2D eigenvalue weighted by atomic mass is 35.5. The third-order valence-corrected chi connectivity index (χ3v) is 2.61. The molecular weight excluding hydrogens is 240 g/mol. The fourth-order valence-electron chi connectivity index (χ4n) is 1.43. The van der Waals surface area contributed by atoms with Gasteiger partial charge in [0.2, 0.25) is 5.91 Å². The van der Waals surface area contributed by atoms with Crippen LogP contribution in [-0.2, 0) is 4.79 Å². The van der Waals surface area contributed by atoms with E-state index in [-0.39, 0.29) is 11.8 Å². The van der Waals surface area contributed by atoms with Crippen LogP contribution in [-0.4, -0.2) is 26.6 Å². The molecule has 0 saturated heterocycles. The summed E-state index contributed by atoms with van der Waals surface area (Å²) in [6.45, 7) is 2.47. The van der Waals surface area contributed by atoms with E-state index in [1.165, 1.54) is 0 Å². The lowest BCUT2D eigenvalue weighted by Gasteiger charge is -2.14. The Balaban J connectivity index is 2.79. The minimum atomic E-state index is -0.122. The molecule has 17 heavy (non-hydrogen) atoms. The second kappa shape index (κ2) is 6.47. The van der Waals surface area contributed by atoms with Crippen molar-refractivity contribution in [1.82, 2.24) is 5.32 Å². The summed E-state index contributed by atoms with van der Waals surface area (Å²) in [5.41, 5.74) is 0.591. The summed E-state index contributed by atoms with van der Waals surface area (Å²) in [4.78, 5) is 11.8. The summed E-state index contributed by atoms with van der Waals surface area (Å²) in [5.74, 6) is 0.406. The molecule has 0 bridgehead atoms. The van der Waals surface area contributed by atoms with Crippen LogP contribution < -0.4 is 15.4 Å². The van der Waals surface area contributed by atoms with E-state index in [9.17, 15) is 4.79 Å². The number of carbonyl (C=O) groups excluding carboxylic acids is 1.